The molecule has 1 aromatic rings. The van der Waals surface area contributed by atoms with Gasteiger partial charge in [-0.15, -0.1) is 0 Å². The Hall–Kier alpha value is -0.0500. The van der Waals surface area contributed by atoms with E-state index in [-0.39, 0.29) is 0 Å². The topological polar surface area (TPSA) is 26.0 Å². The molecule has 2 N–H and O–H groups in total. The molecule has 11 heavy (non-hydrogen) atoms. The molecule has 1 aromatic carbocycles. The smallest absolute Gasteiger partial charge is 0.0550 e. The second-order valence-electron chi connectivity index (χ2n) is 2.35. The number of hydrogen-bond acceptors (Lipinski definition) is 1. The Labute approximate surface area is 79.7 Å². The van der Waals surface area contributed by atoms with Crippen molar-refractivity contribution in [2.75, 3.05) is 0 Å². The SMILES string of the molecule is Cc1c(CN)ccc(Cl)c1Br. The van der Waals surface area contributed by atoms with Crippen molar-refractivity contribution in [3.05, 3.63) is 32.8 Å². The molecule has 0 unspecified atom stereocenters. The lowest BCUT2D eigenvalue weighted by Gasteiger charge is -2.05. The minimum Gasteiger partial charge on any atom is -0.326 e. The highest BCUT2D eigenvalue weighted by molar-refractivity contribution is 9.10. The third-order valence-corrected chi connectivity index (χ3v) is 3.24. The molecule has 1 nitrogen and oxygen atoms in total. The van der Waals surface area contributed by atoms with Crippen LogP contribution < -0.4 is 5.73 Å². The lowest BCUT2D eigenvalue weighted by molar-refractivity contribution is 1.05. The van der Waals surface area contributed by atoms with Crippen molar-refractivity contribution < 1.29 is 0 Å². The van der Waals surface area contributed by atoms with Crippen molar-refractivity contribution in [1.29, 1.82) is 0 Å². The first kappa shape index (κ1) is 9.04. The van der Waals surface area contributed by atoms with Crippen LogP contribution in [0.5, 0.6) is 0 Å². The third kappa shape index (κ3) is 1.75. The molecule has 0 heterocycles. The van der Waals surface area contributed by atoms with Gasteiger partial charge in [0.15, 0.2) is 0 Å². The maximum atomic E-state index is 5.86. The summed E-state index contributed by atoms with van der Waals surface area (Å²) in [5.74, 6) is 0. The fraction of sp³-hybridized carbons (Fsp3) is 0.250. The molecule has 60 valence electrons. The molecule has 0 amide bonds. The normalized spacial score (nSPS) is 10.2. The molecule has 0 aliphatic carbocycles. The Kier molecular flexibility index (Phi) is 2.93. The molecule has 0 saturated heterocycles. The van der Waals surface area contributed by atoms with Gasteiger partial charge in [0.2, 0.25) is 0 Å². The van der Waals surface area contributed by atoms with Crippen molar-refractivity contribution in [1.82, 2.24) is 0 Å². The lowest BCUT2D eigenvalue weighted by atomic mass is 10.1. The average Bonchev–Trinajstić information content (AvgIpc) is 2.01. The minimum atomic E-state index is 0.557. The fourth-order valence-corrected chi connectivity index (χ4v) is 1.50. The summed E-state index contributed by atoms with van der Waals surface area (Å²) in [5, 5.41) is 0.736. The minimum absolute atomic E-state index is 0.557. The molecule has 0 aliphatic rings. The van der Waals surface area contributed by atoms with Crippen LogP contribution in [0.2, 0.25) is 5.02 Å². The van der Waals surface area contributed by atoms with Crippen molar-refractivity contribution in [3.63, 3.8) is 0 Å². The number of nitrogens with two attached hydrogens (primary N) is 1. The van der Waals surface area contributed by atoms with Crippen molar-refractivity contribution in [2.24, 2.45) is 5.73 Å². The van der Waals surface area contributed by atoms with Gasteiger partial charge in [0.1, 0.15) is 0 Å². The highest BCUT2D eigenvalue weighted by atomic mass is 79.9. The summed E-state index contributed by atoms with van der Waals surface area (Å²) in [6.45, 7) is 2.56. The van der Waals surface area contributed by atoms with Gasteiger partial charge in [0.05, 0.1) is 5.02 Å². The summed E-state index contributed by atoms with van der Waals surface area (Å²) >= 11 is 9.24. The molecular formula is C8H9BrClN. The number of rotatable bonds is 1. The molecule has 0 saturated carbocycles. The van der Waals surface area contributed by atoms with Gasteiger partial charge in [-0.3, -0.25) is 0 Å². The van der Waals surface area contributed by atoms with E-state index in [4.69, 9.17) is 17.3 Å². The molecule has 0 aliphatic heterocycles. The van der Waals surface area contributed by atoms with Crippen LogP contribution in [0.25, 0.3) is 0 Å². The number of halogens is 2. The van der Waals surface area contributed by atoms with Gasteiger partial charge >= 0.3 is 0 Å². The van der Waals surface area contributed by atoms with E-state index in [0.29, 0.717) is 6.54 Å². The quantitative estimate of drug-likeness (QED) is 0.794. The predicted molar refractivity (Wildman–Crippen MR) is 51.8 cm³/mol. The molecule has 0 spiro atoms. The molecule has 1 rings (SSSR count). The summed E-state index contributed by atoms with van der Waals surface area (Å²) in [7, 11) is 0. The van der Waals surface area contributed by atoms with Crippen LogP contribution in [-0.2, 0) is 6.54 Å². The molecular weight excluding hydrogens is 225 g/mol. The summed E-state index contributed by atoms with van der Waals surface area (Å²) < 4.78 is 0.946. The lowest BCUT2D eigenvalue weighted by Crippen LogP contribution is -1.99. The zero-order valence-corrected chi connectivity index (χ0v) is 8.54. The second kappa shape index (κ2) is 3.57. The maximum absolute atomic E-state index is 5.86. The monoisotopic (exact) mass is 233 g/mol. The molecule has 0 bridgehead atoms. The average molecular weight is 235 g/mol. The van der Waals surface area contributed by atoms with Crippen LogP contribution in [0.4, 0.5) is 0 Å². The van der Waals surface area contributed by atoms with E-state index in [1.807, 2.05) is 19.1 Å². The molecule has 3 heteroatoms. The standard InChI is InChI=1S/C8H9BrClN/c1-5-6(4-11)2-3-7(10)8(5)9/h2-3H,4,11H2,1H3. The van der Waals surface area contributed by atoms with Crippen LogP contribution in [-0.4, -0.2) is 0 Å². The van der Waals surface area contributed by atoms with Gasteiger partial charge in [-0.2, -0.15) is 0 Å². The zero-order chi connectivity index (χ0) is 8.43. The second-order valence-corrected chi connectivity index (χ2v) is 3.55. The van der Waals surface area contributed by atoms with Crippen molar-refractivity contribution in [3.8, 4) is 0 Å². The number of benzene rings is 1. The summed E-state index contributed by atoms with van der Waals surface area (Å²) in [4.78, 5) is 0. The number of hydrogen-bond donors (Lipinski definition) is 1. The van der Waals surface area contributed by atoms with Gasteiger partial charge < -0.3 is 5.73 Å². The van der Waals surface area contributed by atoms with E-state index in [9.17, 15) is 0 Å². The Morgan fingerprint density at radius 2 is 2.18 bits per heavy atom. The van der Waals surface area contributed by atoms with E-state index in [2.05, 4.69) is 15.9 Å². The van der Waals surface area contributed by atoms with Gasteiger partial charge in [-0.25, -0.2) is 0 Å². The predicted octanol–water partition coefficient (Wildman–Crippen LogP) is 2.87. The first-order chi connectivity index (χ1) is 5.16. The van der Waals surface area contributed by atoms with E-state index in [1.54, 1.807) is 0 Å². The van der Waals surface area contributed by atoms with Gasteiger partial charge in [0.25, 0.3) is 0 Å². The Bertz CT molecular complexity index is 273. The molecule has 0 aromatic heterocycles. The largest absolute Gasteiger partial charge is 0.326 e. The molecule has 0 fully saturated rings. The van der Waals surface area contributed by atoms with Gasteiger partial charge in [0, 0.05) is 11.0 Å². The molecule has 0 atom stereocenters. The summed E-state index contributed by atoms with van der Waals surface area (Å²) in [6, 6.07) is 3.79. The van der Waals surface area contributed by atoms with E-state index in [1.165, 1.54) is 0 Å². The van der Waals surface area contributed by atoms with E-state index >= 15 is 0 Å². The van der Waals surface area contributed by atoms with Gasteiger partial charge in [-0.1, -0.05) is 17.7 Å². The zero-order valence-electron chi connectivity index (χ0n) is 6.20. The first-order valence-corrected chi connectivity index (χ1v) is 4.47. The fourth-order valence-electron chi connectivity index (χ4n) is 0.913. The molecule has 0 radical (unpaired) electrons. The highest BCUT2D eigenvalue weighted by Gasteiger charge is 2.03. The Morgan fingerprint density at radius 3 is 2.73 bits per heavy atom. The van der Waals surface area contributed by atoms with E-state index in [0.717, 1.165) is 20.6 Å². The first-order valence-electron chi connectivity index (χ1n) is 3.30. The highest BCUT2D eigenvalue weighted by Crippen LogP contribution is 2.27. The Morgan fingerprint density at radius 1 is 1.55 bits per heavy atom. The van der Waals surface area contributed by atoms with Crippen LogP contribution in [0.3, 0.4) is 0 Å². The van der Waals surface area contributed by atoms with Crippen LogP contribution in [0, 0.1) is 6.92 Å². The van der Waals surface area contributed by atoms with E-state index < -0.39 is 0 Å². The van der Waals surface area contributed by atoms with Crippen LogP contribution in [0.15, 0.2) is 16.6 Å². The summed E-state index contributed by atoms with van der Waals surface area (Å²) in [6.07, 6.45) is 0. The van der Waals surface area contributed by atoms with Crippen molar-refractivity contribution in [2.45, 2.75) is 13.5 Å². The van der Waals surface area contributed by atoms with Gasteiger partial charge in [-0.05, 0) is 40.0 Å². The van der Waals surface area contributed by atoms with Crippen LogP contribution >= 0.6 is 27.5 Å². The maximum Gasteiger partial charge on any atom is 0.0550 e. The summed E-state index contributed by atoms with van der Waals surface area (Å²) in [5.41, 5.74) is 7.76. The Balaban J connectivity index is 3.25. The van der Waals surface area contributed by atoms with Crippen LogP contribution in [0.1, 0.15) is 11.1 Å². The third-order valence-electron chi connectivity index (χ3n) is 1.67. The van der Waals surface area contributed by atoms with Crippen molar-refractivity contribution >= 4 is 27.5 Å².